The molecule has 0 heterocycles. The molecule has 42 heavy (non-hydrogen) atoms. The normalized spacial score (nSPS) is 20.9. The average Bonchev–Trinajstić information content (AvgIpc) is 3.00. The molecule has 13 unspecified atom stereocenters. The summed E-state index contributed by atoms with van der Waals surface area (Å²) in [5.74, 6) is 0.435. The van der Waals surface area contributed by atoms with Crippen molar-refractivity contribution in [3.63, 3.8) is 0 Å². The van der Waals surface area contributed by atoms with Crippen LogP contribution in [0.15, 0.2) is 0 Å². The first-order chi connectivity index (χ1) is 19.5. The fraction of sp³-hybridized carbons (Fsp3) is 1.00. The molecule has 14 nitrogen and oxygen atoms in total. The number of rotatable bonds is 20. The molecule has 258 valence electrons. The molecule has 0 aromatic rings. The molecule has 0 saturated heterocycles. The predicted octanol–water partition coefficient (Wildman–Crippen LogP) is -5.53. The molecule has 0 aliphatic carbocycles. The smallest absolute Gasteiger partial charge is 0.131 e. The zero-order valence-electron chi connectivity index (χ0n) is 23.0. The Morgan fingerprint density at radius 2 is 0.810 bits per heavy atom. The van der Waals surface area contributed by atoms with Crippen LogP contribution in [-0.2, 0) is 0 Å². The van der Waals surface area contributed by atoms with Gasteiger partial charge in [0, 0.05) is 21.3 Å². The topological polar surface area (TPSA) is 276 Å². The van der Waals surface area contributed by atoms with Crippen LogP contribution in [0.2, 0.25) is 0 Å². The minimum absolute atomic E-state index is 0.153. The third kappa shape index (κ3) is 20.9. The maximum atomic E-state index is 9.71. The van der Waals surface area contributed by atoms with Crippen LogP contribution in [0.1, 0.15) is 0 Å². The Balaban J connectivity index is -0.000000562. The van der Waals surface area contributed by atoms with E-state index in [1.807, 2.05) is 0 Å². The summed E-state index contributed by atoms with van der Waals surface area (Å²) in [6.07, 6.45) is -15.0. The lowest BCUT2D eigenvalue weighted by Crippen LogP contribution is -2.87. The van der Waals surface area contributed by atoms with E-state index in [1.165, 1.54) is 0 Å². The van der Waals surface area contributed by atoms with Gasteiger partial charge in [-0.05, 0) is 0 Å². The van der Waals surface area contributed by atoms with E-state index < -0.39 is 78.6 Å². The molecule has 16 N–H and O–H groups in total. The van der Waals surface area contributed by atoms with Crippen molar-refractivity contribution < 1.29 is 71.9 Å². The van der Waals surface area contributed by atoms with E-state index in [0.717, 1.165) is 0 Å². The number of alkyl halides is 6. The van der Waals surface area contributed by atoms with E-state index in [0.29, 0.717) is 19.0 Å². The summed E-state index contributed by atoms with van der Waals surface area (Å²) in [6.45, 7) is 1.21. The van der Waals surface area contributed by atoms with Crippen LogP contribution < -0.4 is 10.6 Å². The van der Waals surface area contributed by atoms with Crippen molar-refractivity contribution in [2.75, 3.05) is 53.9 Å². The van der Waals surface area contributed by atoms with Crippen LogP contribution in [0.25, 0.3) is 0 Å². The number of halogens is 6. The van der Waals surface area contributed by atoms with Gasteiger partial charge in [-0.3, -0.25) is 0 Å². The summed E-state index contributed by atoms with van der Waals surface area (Å²) >= 11 is 23.1. The number of hydrogen-bond acceptors (Lipinski definition) is 12. The van der Waals surface area contributed by atoms with Crippen molar-refractivity contribution in [2.24, 2.45) is 0 Å². The second-order valence-corrected chi connectivity index (χ2v) is 12.6. The summed E-state index contributed by atoms with van der Waals surface area (Å²) in [4.78, 5) is 0. The molecule has 13 atom stereocenters. The van der Waals surface area contributed by atoms with Gasteiger partial charge in [0.2, 0.25) is 0 Å². The monoisotopic (exact) mass is 918 g/mol. The maximum absolute atomic E-state index is 9.71. The number of nitrogens with two attached hydrogens (primary N) is 2. The highest BCUT2D eigenvalue weighted by atomic mass is 79.9. The number of hydrogen-bond donors (Lipinski definition) is 14. The fourth-order valence-electron chi connectivity index (χ4n) is 2.79. The summed E-state index contributed by atoms with van der Waals surface area (Å²) < 4.78 is 0. The average molecular weight is 923 g/mol. The lowest BCUT2D eigenvalue weighted by atomic mass is 10.0. The molecule has 0 amide bonds. The van der Waals surface area contributed by atoms with E-state index >= 15 is 0 Å². The van der Waals surface area contributed by atoms with E-state index in [1.54, 1.807) is 17.7 Å². The van der Waals surface area contributed by atoms with Crippen molar-refractivity contribution in [1.29, 1.82) is 0 Å². The van der Waals surface area contributed by atoms with Crippen LogP contribution in [0.3, 0.4) is 0 Å². The van der Waals surface area contributed by atoms with Gasteiger partial charge in [0.1, 0.15) is 60.8 Å². The predicted molar refractivity (Wildman–Crippen MR) is 172 cm³/mol. The summed E-state index contributed by atoms with van der Waals surface area (Å²) in [5, 5.41) is 115. The Labute approximate surface area is 289 Å². The van der Waals surface area contributed by atoms with Crippen molar-refractivity contribution in [3.8, 4) is 0 Å². The molecule has 0 radical (unpaired) electrons. The second-order valence-electron chi connectivity index (χ2n) is 9.05. The highest BCUT2D eigenvalue weighted by molar-refractivity contribution is 9.09. The maximum Gasteiger partial charge on any atom is 0.131 e. The van der Waals surface area contributed by atoms with Gasteiger partial charge in [-0.2, -0.15) is 0 Å². The lowest BCUT2D eigenvalue weighted by molar-refractivity contribution is -0.658. The fourth-order valence-corrected chi connectivity index (χ4v) is 4.80. The second kappa shape index (κ2) is 29.1. The Kier molecular flexibility index (Phi) is 33.5. The lowest BCUT2D eigenvalue weighted by Gasteiger charge is -2.27. The van der Waals surface area contributed by atoms with Gasteiger partial charge >= 0.3 is 0 Å². The molecule has 0 bridgehead atoms. The van der Waals surface area contributed by atoms with E-state index in [4.69, 9.17) is 43.6 Å². The molecule has 0 aliphatic rings. The van der Waals surface area contributed by atoms with Gasteiger partial charge in [-0.1, -0.05) is 63.7 Å². The molecular weight excluding hydrogens is 875 g/mol. The van der Waals surface area contributed by atoms with E-state index in [9.17, 15) is 40.9 Å². The Hall–Kier alpha value is 1.94. The Morgan fingerprint density at radius 3 is 1.07 bits per heavy atom. The number of aliphatic hydroxyl groups is 12. The molecule has 0 aliphatic heterocycles. The van der Waals surface area contributed by atoms with Gasteiger partial charge in [0.05, 0.1) is 50.4 Å². The molecule has 0 rings (SSSR count). The quantitative estimate of drug-likeness (QED) is 0.0403. The van der Waals surface area contributed by atoms with Crippen LogP contribution in [0.4, 0.5) is 0 Å². The SMILES string of the molecule is C[NH2+]CC(Cl)C(O)C(O)C(O)C(O)C[NH2+]CCCl.OC(CBr)C(O)C(O)C(O)CBr.OC(CBr)C(O)C(O)C(O)CBr. The first kappa shape index (κ1) is 48.3. The summed E-state index contributed by atoms with van der Waals surface area (Å²) in [5.41, 5.74) is 0. The molecule has 0 aromatic carbocycles. The zero-order chi connectivity index (χ0) is 33.6. The molecular formula is C22H48Br4Cl2N2O12+2. The molecule has 20 heteroatoms. The van der Waals surface area contributed by atoms with Crippen LogP contribution in [0, 0.1) is 0 Å². The summed E-state index contributed by atoms with van der Waals surface area (Å²) in [7, 11) is 1.78. The first-order valence-electron chi connectivity index (χ1n) is 12.7. The Morgan fingerprint density at radius 1 is 0.500 bits per heavy atom. The first-order valence-corrected chi connectivity index (χ1v) is 18.2. The van der Waals surface area contributed by atoms with Crippen molar-refractivity contribution in [2.45, 2.75) is 78.6 Å². The van der Waals surface area contributed by atoms with Crippen molar-refractivity contribution in [3.05, 3.63) is 0 Å². The molecule has 0 aromatic heterocycles. The molecule has 0 spiro atoms. The highest BCUT2D eigenvalue weighted by Gasteiger charge is 2.35. The highest BCUT2D eigenvalue weighted by Crippen LogP contribution is 2.12. The van der Waals surface area contributed by atoms with E-state index in [-0.39, 0.29) is 27.9 Å². The van der Waals surface area contributed by atoms with Gasteiger partial charge in [-0.25, -0.2) is 0 Å². The van der Waals surface area contributed by atoms with E-state index in [2.05, 4.69) is 63.7 Å². The standard InChI is InChI=1S/C10H22Cl2N2O4.2C6H12Br2O4/c1-13-4-6(12)8(16)10(18)9(17)7(15)5-14-3-2-11;2*7-1-3(9)5(11)6(12)4(10)2-8/h6-10,13-18H,2-5H2,1H3;2*3-6,9-12H,1-2H2/p+2. The third-order valence-electron chi connectivity index (χ3n) is 5.56. The minimum Gasteiger partial charge on any atom is -0.389 e. The van der Waals surface area contributed by atoms with Crippen molar-refractivity contribution >= 4 is 86.9 Å². The van der Waals surface area contributed by atoms with Gasteiger partial charge in [0.15, 0.2) is 0 Å². The number of aliphatic hydroxyl groups excluding tert-OH is 12. The molecule has 0 saturated carbocycles. The minimum atomic E-state index is -1.48. The van der Waals surface area contributed by atoms with Crippen LogP contribution in [0.5, 0.6) is 0 Å². The molecule has 0 fully saturated rings. The van der Waals surface area contributed by atoms with Gasteiger partial charge in [0.25, 0.3) is 0 Å². The van der Waals surface area contributed by atoms with Crippen LogP contribution >= 0.6 is 86.9 Å². The number of quaternary nitrogens is 2. The third-order valence-corrected chi connectivity index (χ3v) is 8.86. The van der Waals surface area contributed by atoms with Gasteiger partial charge in [-0.15, -0.1) is 23.2 Å². The van der Waals surface area contributed by atoms with Gasteiger partial charge < -0.3 is 71.9 Å². The summed E-state index contributed by atoms with van der Waals surface area (Å²) in [6, 6.07) is 0. The zero-order valence-corrected chi connectivity index (χ0v) is 30.8. The van der Waals surface area contributed by atoms with Crippen molar-refractivity contribution in [1.82, 2.24) is 0 Å². The van der Waals surface area contributed by atoms with Crippen LogP contribution in [-0.4, -0.2) is 194 Å². The Bertz CT molecular complexity index is 568. The largest absolute Gasteiger partial charge is 0.389 e.